The van der Waals surface area contributed by atoms with Crippen LogP contribution in [0.1, 0.15) is 39.7 Å². The molecule has 0 atom stereocenters. The average Bonchev–Trinajstić information content (AvgIpc) is 2.73. The molecule has 0 aliphatic heterocycles. The van der Waals surface area contributed by atoms with E-state index in [4.69, 9.17) is 0 Å². The van der Waals surface area contributed by atoms with E-state index < -0.39 is 0 Å². The summed E-state index contributed by atoms with van der Waals surface area (Å²) in [6.07, 6.45) is 0.780. The van der Waals surface area contributed by atoms with E-state index in [1.54, 1.807) is 0 Å². The zero-order valence-electron chi connectivity index (χ0n) is 16.7. The Morgan fingerprint density at radius 3 is 2.48 bits per heavy atom. The van der Waals surface area contributed by atoms with Gasteiger partial charge in [-0.15, -0.1) is 5.10 Å². The summed E-state index contributed by atoms with van der Waals surface area (Å²) in [4.78, 5) is 13.6. The SMILES string of the molecule is CCc1nnc2c3c(cccc13)C(=O)c1c(Nc3ccc(C)cc3C)cccc1-2. The number of fused-ring (bicyclic) bond motifs is 2. The molecule has 4 aromatic rings. The number of rotatable bonds is 3. The van der Waals surface area contributed by atoms with Crippen molar-refractivity contribution in [3.05, 3.63) is 82.5 Å². The van der Waals surface area contributed by atoms with Gasteiger partial charge in [0.2, 0.25) is 0 Å². The van der Waals surface area contributed by atoms with Gasteiger partial charge in [0, 0.05) is 27.6 Å². The summed E-state index contributed by atoms with van der Waals surface area (Å²) in [6, 6.07) is 18.0. The Morgan fingerprint density at radius 2 is 1.69 bits per heavy atom. The maximum Gasteiger partial charge on any atom is 0.196 e. The largest absolute Gasteiger partial charge is 0.355 e. The van der Waals surface area contributed by atoms with Crippen molar-refractivity contribution in [1.29, 1.82) is 0 Å². The van der Waals surface area contributed by atoms with E-state index in [0.717, 1.165) is 51.1 Å². The highest BCUT2D eigenvalue weighted by Gasteiger charge is 2.29. The smallest absolute Gasteiger partial charge is 0.196 e. The number of nitrogens with zero attached hydrogens (tertiary/aromatic N) is 2. The van der Waals surface area contributed by atoms with Gasteiger partial charge in [-0.1, -0.05) is 55.0 Å². The molecule has 4 nitrogen and oxygen atoms in total. The van der Waals surface area contributed by atoms with Gasteiger partial charge in [0.25, 0.3) is 0 Å². The lowest BCUT2D eigenvalue weighted by Crippen LogP contribution is -2.14. The van der Waals surface area contributed by atoms with E-state index >= 15 is 0 Å². The summed E-state index contributed by atoms with van der Waals surface area (Å²) in [7, 11) is 0. The number of benzene rings is 3. The maximum absolute atomic E-state index is 13.6. The molecule has 1 aliphatic rings. The molecule has 0 fully saturated rings. The summed E-state index contributed by atoms with van der Waals surface area (Å²) in [6.45, 7) is 6.20. The molecule has 1 N–H and O–H groups in total. The topological polar surface area (TPSA) is 54.9 Å². The molecule has 0 radical (unpaired) electrons. The molecule has 5 rings (SSSR count). The molecule has 0 unspecified atom stereocenters. The molecule has 4 heteroatoms. The molecule has 0 bridgehead atoms. The second-order valence-electron chi connectivity index (χ2n) is 7.58. The van der Waals surface area contributed by atoms with E-state index in [1.165, 1.54) is 5.56 Å². The van der Waals surface area contributed by atoms with Crippen LogP contribution >= 0.6 is 0 Å². The first-order chi connectivity index (χ1) is 14.1. The predicted molar refractivity (Wildman–Crippen MR) is 117 cm³/mol. The first kappa shape index (κ1) is 17.6. The molecule has 1 heterocycles. The summed E-state index contributed by atoms with van der Waals surface area (Å²) < 4.78 is 0. The Balaban J connectivity index is 1.74. The van der Waals surface area contributed by atoms with Crippen LogP contribution < -0.4 is 5.32 Å². The fraction of sp³-hybridized carbons (Fsp3) is 0.160. The van der Waals surface area contributed by atoms with Crippen LogP contribution in [-0.2, 0) is 6.42 Å². The lowest BCUT2D eigenvalue weighted by Gasteiger charge is -2.22. The van der Waals surface area contributed by atoms with Crippen molar-refractivity contribution in [3.8, 4) is 11.3 Å². The normalized spacial score (nSPS) is 12.2. The second-order valence-corrected chi connectivity index (χ2v) is 7.58. The lowest BCUT2D eigenvalue weighted by atomic mass is 9.84. The van der Waals surface area contributed by atoms with Gasteiger partial charge in [-0.3, -0.25) is 4.79 Å². The maximum atomic E-state index is 13.6. The molecule has 1 aliphatic carbocycles. The quantitative estimate of drug-likeness (QED) is 0.433. The van der Waals surface area contributed by atoms with Gasteiger partial charge < -0.3 is 5.32 Å². The summed E-state index contributed by atoms with van der Waals surface area (Å²) in [5.41, 5.74) is 8.04. The minimum atomic E-state index is 0.0287. The number of carbonyl (C=O) groups excluding carboxylic acids is 1. The van der Waals surface area contributed by atoms with E-state index in [9.17, 15) is 4.79 Å². The van der Waals surface area contributed by atoms with E-state index in [0.29, 0.717) is 11.1 Å². The molecule has 0 spiro atoms. The highest BCUT2D eigenvalue weighted by Crippen LogP contribution is 2.41. The highest BCUT2D eigenvalue weighted by atomic mass is 16.1. The van der Waals surface area contributed by atoms with Crippen LogP contribution in [0.2, 0.25) is 0 Å². The van der Waals surface area contributed by atoms with Crippen LogP contribution in [0.15, 0.2) is 54.6 Å². The Kier molecular flexibility index (Phi) is 3.95. The average molecular weight is 379 g/mol. The Labute approximate surface area is 169 Å². The number of ketones is 1. The summed E-state index contributed by atoms with van der Waals surface area (Å²) >= 11 is 0. The van der Waals surface area contributed by atoms with E-state index in [-0.39, 0.29) is 5.78 Å². The number of hydrogen-bond donors (Lipinski definition) is 1. The fourth-order valence-electron chi connectivity index (χ4n) is 4.23. The monoisotopic (exact) mass is 379 g/mol. The van der Waals surface area contributed by atoms with Gasteiger partial charge in [-0.05, 0) is 38.0 Å². The predicted octanol–water partition coefficient (Wildman–Crippen LogP) is 5.76. The molecule has 1 aromatic heterocycles. The molecule has 0 saturated heterocycles. The Morgan fingerprint density at radius 1 is 0.897 bits per heavy atom. The van der Waals surface area contributed by atoms with Gasteiger partial charge in [0.1, 0.15) is 5.69 Å². The first-order valence-corrected chi connectivity index (χ1v) is 9.89. The standard InChI is InChI=1S/C25H21N3O/c1-4-19-16-7-5-9-18-22(16)24(28-27-19)17-8-6-10-21(23(17)25(18)29)26-20-12-11-14(2)13-15(20)3/h5-13,26H,4H2,1-3H3. The van der Waals surface area contributed by atoms with Crippen LogP contribution in [0, 0.1) is 13.8 Å². The van der Waals surface area contributed by atoms with Crippen molar-refractivity contribution in [2.24, 2.45) is 0 Å². The second kappa shape index (κ2) is 6.52. The third-order valence-electron chi connectivity index (χ3n) is 5.66. The summed E-state index contributed by atoms with van der Waals surface area (Å²) in [5, 5.41) is 14.4. The fourth-order valence-corrected chi connectivity index (χ4v) is 4.23. The number of hydrogen-bond acceptors (Lipinski definition) is 4. The third-order valence-corrected chi connectivity index (χ3v) is 5.66. The van der Waals surface area contributed by atoms with Crippen molar-refractivity contribution < 1.29 is 4.79 Å². The molecular formula is C25H21N3O. The molecule has 29 heavy (non-hydrogen) atoms. The van der Waals surface area contributed by atoms with Crippen molar-refractivity contribution >= 4 is 27.9 Å². The highest BCUT2D eigenvalue weighted by molar-refractivity contribution is 6.27. The van der Waals surface area contributed by atoms with Gasteiger partial charge in [0.05, 0.1) is 16.9 Å². The van der Waals surface area contributed by atoms with Crippen LogP contribution in [0.4, 0.5) is 11.4 Å². The van der Waals surface area contributed by atoms with Crippen molar-refractivity contribution in [3.63, 3.8) is 0 Å². The van der Waals surface area contributed by atoms with Crippen molar-refractivity contribution in [1.82, 2.24) is 10.2 Å². The van der Waals surface area contributed by atoms with Gasteiger partial charge in [-0.25, -0.2) is 0 Å². The zero-order chi connectivity index (χ0) is 20.1. The number of nitrogens with one attached hydrogen (secondary N) is 1. The Bertz CT molecular complexity index is 1310. The minimum absolute atomic E-state index is 0.0287. The van der Waals surface area contributed by atoms with E-state index in [1.807, 2.05) is 36.4 Å². The molecule has 0 saturated carbocycles. The van der Waals surface area contributed by atoms with Gasteiger partial charge >= 0.3 is 0 Å². The summed E-state index contributed by atoms with van der Waals surface area (Å²) in [5.74, 6) is 0.0287. The molecule has 0 amide bonds. The van der Waals surface area contributed by atoms with Crippen molar-refractivity contribution in [2.45, 2.75) is 27.2 Å². The lowest BCUT2D eigenvalue weighted by molar-refractivity contribution is 0.104. The van der Waals surface area contributed by atoms with Crippen LogP contribution in [0.3, 0.4) is 0 Å². The number of aromatic nitrogens is 2. The third kappa shape index (κ3) is 2.64. The van der Waals surface area contributed by atoms with Crippen LogP contribution in [0.5, 0.6) is 0 Å². The Hall–Kier alpha value is -3.53. The first-order valence-electron chi connectivity index (χ1n) is 9.89. The van der Waals surface area contributed by atoms with E-state index in [2.05, 4.69) is 54.5 Å². The molecule has 3 aromatic carbocycles. The molecule has 142 valence electrons. The molecular weight excluding hydrogens is 358 g/mol. The number of carbonyl (C=O) groups is 1. The minimum Gasteiger partial charge on any atom is -0.355 e. The number of aryl methyl sites for hydroxylation is 3. The van der Waals surface area contributed by atoms with Crippen LogP contribution in [-0.4, -0.2) is 16.0 Å². The number of anilines is 2. The van der Waals surface area contributed by atoms with Crippen LogP contribution in [0.25, 0.3) is 22.0 Å². The van der Waals surface area contributed by atoms with Crippen molar-refractivity contribution in [2.75, 3.05) is 5.32 Å². The van der Waals surface area contributed by atoms with Gasteiger partial charge in [0.15, 0.2) is 5.78 Å². The van der Waals surface area contributed by atoms with Gasteiger partial charge in [-0.2, -0.15) is 5.10 Å². The zero-order valence-corrected chi connectivity index (χ0v) is 16.7.